The molecule has 0 amide bonds. The minimum Gasteiger partial charge on any atom is -0.504 e. The molecule has 3 rings (SSSR count). The molecule has 112 valence electrons. The molecule has 0 saturated heterocycles. The number of phenolic OH excluding ortho intramolecular Hbond substituents is 1. The largest absolute Gasteiger partial charge is 0.504 e. The van der Waals surface area contributed by atoms with Gasteiger partial charge in [0.2, 0.25) is 0 Å². The van der Waals surface area contributed by atoms with Gasteiger partial charge in [-0.15, -0.1) is 11.8 Å². The van der Waals surface area contributed by atoms with Crippen molar-refractivity contribution < 1.29 is 14.6 Å². The third-order valence-electron chi connectivity index (χ3n) is 3.40. The molecule has 0 aromatic heterocycles. The second-order valence-electron chi connectivity index (χ2n) is 4.86. The molecular formula is C17H13ClO3S. The van der Waals surface area contributed by atoms with Crippen LogP contribution in [-0.4, -0.2) is 23.8 Å². The summed E-state index contributed by atoms with van der Waals surface area (Å²) in [4.78, 5) is 13.5. The van der Waals surface area contributed by atoms with Crippen LogP contribution in [0.4, 0.5) is 0 Å². The van der Waals surface area contributed by atoms with Crippen molar-refractivity contribution in [3.63, 3.8) is 0 Å². The lowest BCUT2D eigenvalue weighted by Crippen LogP contribution is -2.12. The summed E-state index contributed by atoms with van der Waals surface area (Å²) < 4.78 is 5.01. The molecule has 2 aromatic carbocycles. The van der Waals surface area contributed by atoms with Crippen LogP contribution in [0.2, 0.25) is 5.02 Å². The van der Waals surface area contributed by atoms with Gasteiger partial charge in [0, 0.05) is 26.8 Å². The standard InChI is InChI=1S/C17H13ClO3S/c1-21-15-4-2-10(7-14(15)19)6-11-9-22-16-5-3-12(18)8-13(16)17(11)20/h2-8,19H,9H2,1H3/b11-6+. The van der Waals surface area contributed by atoms with E-state index in [1.165, 1.54) is 7.11 Å². The first-order valence-corrected chi connectivity index (χ1v) is 7.99. The van der Waals surface area contributed by atoms with Gasteiger partial charge in [-0.25, -0.2) is 0 Å². The minimum absolute atomic E-state index is 0.0217. The van der Waals surface area contributed by atoms with E-state index in [1.54, 1.807) is 48.2 Å². The molecule has 0 bridgehead atoms. The number of carbonyl (C=O) groups is 1. The van der Waals surface area contributed by atoms with E-state index in [2.05, 4.69) is 0 Å². The normalized spacial score (nSPS) is 15.7. The number of hydrogen-bond donors (Lipinski definition) is 1. The highest BCUT2D eigenvalue weighted by molar-refractivity contribution is 7.99. The number of phenols is 1. The zero-order chi connectivity index (χ0) is 15.7. The van der Waals surface area contributed by atoms with Gasteiger partial charge in [-0.05, 0) is 42.0 Å². The van der Waals surface area contributed by atoms with Crippen molar-refractivity contribution in [2.24, 2.45) is 0 Å². The van der Waals surface area contributed by atoms with E-state index in [-0.39, 0.29) is 11.5 Å². The molecule has 0 saturated carbocycles. The molecule has 1 aliphatic heterocycles. The number of halogens is 1. The van der Waals surface area contributed by atoms with Gasteiger partial charge in [0.25, 0.3) is 0 Å². The molecule has 0 unspecified atom stereocenters. The second kappa shape index (κ2) is 6.07. The SMILES string of the molecule is COc1ccc(/C=C2\CSc3ccc(Cl)cc3C2=O)cc1O. The number of methoxy groups -OCH3 is 1. The van der Waals surface area contributed by atoms with E-state index in [9.17, 15) is 9.90 Å². The van der Waals surface area contributed by atoms with Gasteiger partial charge in [-0.3, -0.25) is 4.79 Å². The van der Waals surface area contributed by atoms with Gasteiger partial charge in [-0.1, -0.05) is 17.7 Å². The zero-order valence-electron chi connectivity index (χ0n) is 11.8. The zero-order valence-corrected chi connectivity index (χ0v) is 13.4. The predicted octanol–water partition coefficient (Wildman–Crippen LogP) is 4.43. The third-order valence-corrected chi connectivity index (χ3v) is 4.76. The molecule has 22 heavy (non-hydrogen) atoms. The Bertz CT molecular complexity index is 783. The Hall–Kier alpha value is -1.91. The summed E-state index contributed by atoms with van der Waals surface area (Å²) in [6, 6.07) is 10.4. The molecule has 1 heterocycles. The Morgan fingerprint density at radius 2 is 2.09 bits per heavy atom. The molecule has 1 N–H and O–H groups in total. The van der Waals surface area contributed by atoms with Crippen molar-refractivity contribution >= 4 is 35.2 Å². The number of ether oxygens (including phenoxy) is 1. The van der Waals surface area contributed by atoms with Crippen LogP contribution < -0.4 is 4.74 Å². The highest BCUT2D eigenvalue weighted by Crippen LogP contribution is 2.35. The van der Waals surface area contributed by atoms with Crippen molar-refractivity contribution in [3.8, 4) is 11.5 Å². The van der Waals surface area contributed by atoms with Crippen molar-refractivity contribution in [3.05, 3.63) is 58.1 Å². The summed E-state index contributed by atoms with van der Waals surface area (Å²) in [5.74, 6) is 1.03. The van der Waals surface area contributed by atoms with Crippen LogP contribution in [-0.2, 0) is 0 Å². The second-order valence-corrected chi connectivity index (χ2v) is 6.31. The van der Waals surface area contributed by atoms with E-state index in [0.29, 0.717) is 27.7 Å². The number of thioether (sulfide) groups is 1. The van der Waals surface area contributed by atoms with Crippen molar-refractivity contribution in [1.82, 2.24) is 0 Å². The lowest BCUT2D eigenvalue weighted by Gasteiger charge is -2.17. The molecule has 2 aromatic rings. The van der Waals surface area contributed by atoms with Gasteiger partial charge in [-0.2, -0.15) is 0 Å². The Morgan fingerprint density at radius 1 is 1.27 bits per heavy atom. The molecule has 3 nitrogen and oxygen atoms in total. The Balaban J connectivity index is 1.96. The highest BCUT2D eigenvalue weighted by atomic mass is 35.5. The number of aromatic hydroxyl groups is 1. The lowest BCUT2D eigenvalue weighted by molar-refractivity contribution is 0.103. The minimum atomic E-state index is -0.0217. The molecule has 0 fully saturated rings. The van der Waals surface area contributed by atoms with E-state index >= 15 is 0 Å². The average molecular weight is 333 g/mol. The third kappa shape index (κ3) is 2.85. The van der Waals surface area contributed by atoms with Crippen LogP contribution in [0.25, 0.3) is 6.08 Å². The predicted molar refractivity (Wildman–Crippen MR) is 89.1 cm³/mol. The molecule has 0 aliphatic carbocycles. The van der Waals surface area contributed by atoms with Gasteiger partial charge >= 0.3 is 0 Å². The summed E-state index contributed by atoms with van der Waals surface area (Å²) in [5.41, 5.74) is 2.07. The quantitative estimate of drug-likeness (QED) is 0.827. The number of benzene rings is 2. The smallest absolute Gasteiger partial charge is 0.191 e. The van der Waals surface area contributed by atoms with Crippen LogP contribution in [0.3, 0.4) is 0 Å². The first-order valence-electron chi connectivity index (χ1n) is 6.63. The van der Waals surface area contributed by atoms with E-state index in [4.69, 9.17) is 16.3 Å². The topological polar surface area (TPSA) is 46.5 Å². The fourth-order valence-electron chi connectivity index (χ4n) is 2.30. The maximum absolute atomic E-state index is 12.6. The number of carbonyl (C=O) groups excluding carboxylic acids is 1. The number of fused-ring (bicyclic) bond motifs is 1. The molecular weight excluding hydrogens is 320 g/mol. The summed E-state index contributed by atoms with van der Waals surface area (Å²) in [7, 11) is 1.50. The molecule has 0 atom stereocenters. The van der Waals surface area contributed by atoms with Gasteiger partial charge < -0.3 is 9.84 Å². The van der Waals surface area contributed by atoms with Crippen molar-refractivity contribution in [2.45, 2.75) is 4.90 Å². The summed E-state index contributed by atoms with van der Waals surface area (Å²) in [5, 5.41) is 10.4. The maximum Gasteiger partial charge on any atom is 0.191 e. The fourth-order valence-corrected chi connectivity index (χ4v) is 3.47. The Labute approximate surface area is 137 Å². The summed E-state index contributed by atoms with van der Waals surface area (Å²) >= 11 is 7.58. The van der Waals surface area contributed by atoms with Crippen LogP contribution in [0, 0.1) is 0 Å². The van der Waals surface area contributed by atoms with Gasteiger partial charge in [0.15, 0.2) is 17.3 Å². The summed E-state index contributed by atoms with van der Waals surface area (Å²) in [6.45, 7) is 0. The van der Waals surface area contributed by atoms with Crippen LogP contribution in [0.15, 0.2) is 46.9 Å². The van der Waals surface area contributed by atoms with Crippen LogP contribution in [0.1, 0.15) is 15.9 Å². The lowest BCUT2D eigenvalue weighted by atomic mass is 10.0. The van der Waals surface area contributed by atoms with E-state index in [0.717, 1.165) is 10.5 Å². The van der Waals surface area contributed by atoms with Crippen molar-refractivity contribution in [1.29, 1.82) is 0 Å². The van der Waals surface area contributed by atoms with Crippen LogP contribution in [0.5, 0.6) is 11.5 Å². The summed E-state index contributed by atoms with van der Waals surface area (Å²) in [6.07, 6.45) is 1.79. The molecule has 5 heteroatoms. The van der Waals surface area contributed by atoms with Crippen molar-refractivity contribution in [2.75, 3.05) is 12.9 Å². The monoisotopic (exact) mass is 332 g/mol. The average Bonchev–Trinajstić information content (AvgIpc) is 2.51. The number of hydrogen-bond acceptors (Lipinski definition) is 4. The van der Waals surface area contributed by atoms with E-state index in [1.807, 2.05) is 6.07 Å². The molecule has 0 spiro atoms. The van der Waals surface area contributed by atoms with E-state index < -0.39 is 0 Å². The number of rotatable bonds is 2. The molecule has 1 aliphatic rings. The molecule has 0 radical (unpaired) electrons. The maximum atomic E-state index is 12.6. The highest BCUT2D eigenvalue weighted by Gasteiger charge is 2.22. The number of ketones is 1. The van der Waals surface area contributed by atoms with Gasteiger partial charge in [0.05, 0.1) is 7.11 Å². The first-order chi connectivity index (χ1) is 10.6. The van der Waals surface area contributed by atoms with Crippen LogP contribution >= 0.6 is 23.4 Å². The number of Topliss-reactive ketones (excluding diaryl/α,β-unsaturated/α-hetero) is 1. The Kier molecular flexibility index (Phi) is 4.14. The Morgan fingerprint density at radius 3 is 2.82 bits per heavy atom. The first kappa shape index (κ1) is 15.0. The van der Waals surface area contributed by atoms with Gasteiger partial charge in [0.1, 0.15) is 0 Å². The fraction of sp³-hybridized carbons (Fsp3) is 0.118.